The van der Waals surface area contributed by atoms with Crippen molar-refractivity contribution >= 4 is 27.5 Å². The SMILES string of the molecule is COCc1nc(OC)c2c(C)c(C(=O)N3CCC(N4CCCC4)CC3)sc2n1. The van der Waals surface area contributed by atoms with Crippen molar-refractivity contribution in [2.24, 2.45) is 0 Å². The summed E-state index contributed by atoms with van der Waals surface area (Å²) >= 11 is 1.43. The van der Waals surface area contributed by atoms with E-state index in [0.717, 1.165) is 46.6 Å². The lowest BCUT2D eigenvalue weighted by molar-refractivity contribution is 0.0648. The summed E-state index contributed by atoms with van der Waals surface area (Å²) in [5.74, 6) is 1.19. The number of carbonyl (C=O) groups excluding carboxylic acids is 1. The van der Waals surface area contributed by atoms with E-state index in [1.165, 1.54) is 37.3 Å². The third-order valence-corrected chi connectivity index (χ3v) is 7.05. The zero-order valence-electron chi connectivity index (χ0n) is 16.9. The fourth-order valence-electron chi connectivity index (χ4n) is 4.37. The molecule has 2 aromatic rings. The third kappa shape index (κ3) is 3.60. The maximum Gasteiger partial charge on any atom is 0.264 e. The molecule has 0 radical (unpaired) electrons. The number of carbonyl (C=O) groups is 1. The molecule has 0 bridgehead atoms. The molecule has 8 heteroatoms. The zero-order chi connectivity index (χ0) is 19.7. The van der Waals surface area contributed by atoms with Crippen molar-refractivity contribution in [2.75, 3.05) is 40.4 Å². The summed E-state index contributed by atoms with van der Waals surface area (Å²) in [7, 11) is 3.21. The molecular formula is C20H28N4O3S. The quantitative estimate of drug-likeness (QED) is 0.763. The number of likely N-dealkylation sites (tertiary alicyclic amines) is 2. The molecule has 0 N–H and O–H groups in total. The number of amides is 1. The van der Waals surface area contributed by atoms with E-state index in [1.54, 1.807) is 14.2 Å². The Morgan fingerprint density at radius 1 is 1.14 bits per heavy atom. The summed E-state index contributed by atoms with van der Waals surface area (Å²) < 4.78 is 10.6. The summed E-state index contributed by atoms with van der Waals surface area (Å²) in [6.07, 6.45) is 4.76. The van der Waals surface area contributed by atoms with Crippen LogP contribution in [0.5, 0.6) is 5.88 Å². The normalized spacial score (nSPS) is 18.9. The van der Waals surface area contributed by atoms with Crippen LogP contribution in [-0.4, -0.2) is 72.1 Å². The van der Waals surface area contributed by atoms with E-state index in [-0.39, 0.29) is 5.91 Å². The Bertz CT molecular complexity index is 855. The average Bonchev–Trinajstić information content (AvgIpc) is 3.36. The molecule has 4 heterocycles. The minimum atomic E-state index is 0.107. The van der Waals surface area contributed by atoms with Gasteiger partial charge in [-0.3, -0.25) is 4.79 Å². The lowest BCUT2D eigenvalue weighted by Crippen LogP contribution is -2.45. The Hall–Kier alpha value is -1.77. The lowest BCUT2D eigenvalue weighted by atomic mass is 10.0. The molecule has 2 aliphatic rings. The van der Waals surface area contributed by atoms with Crippen molar-refractivity contribution in [3.8, 4) is 5.88 Å². The van der Waals surface area contributed by atoms with E-state index in [2.05, 4.69) is 14.9 Å². The second-order valence-corrected chi connectivity index (χ2v) is 8.58. The van der Waals surface area contributed by atoms with E-state index in [0.29, 0.717) is 24.4 Å². The Balaban J connectivity index is 1.55. The van der Waals surface area contributed by atoms with Crippen molar-refractivity contribution in [1.29, 1.82) is 0 Å². The highest BCUT2D eigenvalue weighted by molar-refractivity contribution is 7.20. The molecule has 0 saturated carbocycles. The van der Waals surface area contributed by atoms with E-state index < -0.39 is 0 Å². The number of rotatable bonds is 5. The van der Waals surface area contributed by atoms with Crippen LogP contribution >= 0.6 is 11.3 Å². The first-order valence-corrected chi connectivity index (χ1v) is 10.8. The van der Waals surface area contributed by atoms with Gasteiger partial charge in [0.1, 0.15) is 11.4 Å². The Labute approximate surface area is 169 Å². The number of nitrogens with zero attached hydrogens (tertiary/aromatic N) is 4. The van der Waals surface area contributed by atoms with Crippen LogP contribution in [0.3, 0.4) is 0 Å². The largest absolute Gasteiger partial charge is 0.480 e. The highest BCUT2D eigenvalue weighted by Gasteiger charge is 2.30. The first-order chi connectivity index (χ1) is 13.6. The zero-order valence-corrected chi connectivity index (χ0v) is 17.7. The number of methoxy groups -OCH3 is 2. The van der Waals surface area contributed by atoms with Gasteiger partial charge in [0.2, 0.25) is 5.88 Å². The first kappa shape index (κ1) is 19.5. The molecule has 2 aliphatic heterocycles. The van der Waals surface area contributed by atoms with Crippen molar-refractivity contribution < 1.29 is 14.3 Å². The van der Waals surface area contributed by atoms with Crippen LogP contribution in [0, 0.1) is 6.92 Å². The maximum atomic E-state index is 13.2. The summed E-state index contributed by atoms with van der Waals surface area (Å²) in [5.41, 5.74) is 0.910. The fraction of sp³-hybridized carbons (Fsp3) is 0.650. The Kier molecular flexibility index (Phi) is 5.80. The molecule has 2 aromatic heterocycles. The van der Waals surface area contributed by atoms with Gasteiger partial charge in [-0.15, -0.1) is 11.3 Å². The number of thiophene rings is 1. The molecule has 0 aromatic carbocycles. The molecule has 1 amide bonds. The number of hydrogen-bond donors (Lipinski definition) is 0. The molecule has 152 valence electrons. The maximum absolute atomic E-state index is 13.2. The van der Waals surface area contributed by atoms with Gasteiger partial charge in [0, 0.05) is 26.2 Å². The number of fused-ring (bicyclic) bond motifs is 1. The van der Waals surface area contributed by atoms with Gasteiger partial charge in [0.05, 0.1) is 17.4 Å². The summed E-state index contributed by atoms with van der Waals surface area (Å²) in [6, 6.07) is 0.637. The molecule has 4 rings (SSSR count). The van der Waals surface area contributed by atoms with Gasteiger partial charge in [-0.1, -0.05) is 0 Å². The fourth-order valence-corrected chi connectivity index (χ4v) is 5.53. The summed E-state index contributed by atoms with van der Waals surface area (Å²) in [5, 5.41) is 0.836. The average molecular weight is 405 g/mol. The van der Waals surface area contributed by atoms with E-state index in [9.17, 15) is 4.79 Å². The third-order valence-electron chi connectivity index (χ3n) is 5.87. The van der Waals surface area contributed by atoms with Gasteiger partial charge in [0.15, 0.2) is 5.82 Å². The molecule has 0 atom stereocenters. The van der Waals surface area contributed by atoms with Gasteiger partial charge in [-0.2, -0.15) is 4.98 Å². The first-order valence-electron chi connectivity index (χ1n) is 9.98. The van der Waals surface area contributed by atoms with E-state index >= 15 is 0 Å². The highest BCUT2D eigenvalue weighted by Crippen LogP contribution is 2.36. The van der Waals surface area contributed by atoms with Crippen molar-refractivity contribution in [2.45, 2.75) is 45.3 Å². The van der Waals surface area contributed by atoms with Crippen LogP contribution < -0.4 is 4.74 Å². The Morgan fingerprint density at radius 2 is 1.86 bits per heavy atom. The number of hydrogen-bond acceptors (Lipinski definition) is 7. The summed E-state index contributed by atoms with van der Waals surface area (Å²) in [6.45, 7) is 6.37. The van der Waals surface area contributed by atoms with Gasteiger partial charge in [-0.25, -0.2) is 4.98 Å². The minimum absolute atomic E-state index is 0.107. The predicted molar refractivity (Wildman–Crippen MR) is 109 cm³/mol. The van der Waals surface area contributed by atoms with Crippen molar-refractivity contribution in [3.63, 3.8) is 0 Å². The number of piperidine rings is 1. The molecule has 2 saturated heterocycles. The smallest absolute Gasteiger partial charge is 0.264 e. The molecule has 2 fully saturated rings. The van der Waals surface area contributed by atoms with Crippen molar-refractivity contribution in [1.82, 2.24) is 19.8 Å². The lowest BCUT2D eigenvalue weighted by Gasteiger charge is -2.36. The van der Waals surface area contributed by atoms with Gasteiger partial charge >= 0.3 is 0 Å². The number of aromatic nitrogens is 2. The molecule has 0 spiro atoms. The monoisotopic (exact) mass is 404 g/mol. The highest BCUT2D eigenvalue weighted by atomic mass is 32.1. The van der Waals surface area contributed by atoms with Gasteiger partial charge in [-0.05, 0) is 51.3 Å². The van der Waals surface area contributed by atoms with E-state index in [1.807, 2.05) is 11.8 Å². The molecule has 0 aliphatic carbocycles. The topological polar surface area (TPSA) is 67.8 Å². The van der Waals surface area contributed by atoms with E-state index in [4.69, 9.17) is 9.47 Å². The molecule has 0 unspecified atom stereocenters. The van der Waals surface area contributed by atoms with Crippen LogP contribution in [-0.2, 0) is 11.3 Å². The second-order valence-electron chi connectivity index (χ2n) is 7.58. The van der Waals surface area contributed by atoms with Crippen LogP contribution in [0.1, 0.15) is 46.7 Å². The number of aryl methyl sites for hydroxylation is 1. The van der Waals surface area contributed by atoms with Gasteiger partial charge in [0.25, 0.3) is 5.91 Å². The predicted octanol–water partition coefficient (Wildman–Crippen LogP) is 2.86. The standard InChI is InChI=1S/C20H28N4O3S/c1-13-16-18(27-3)21-15(12-26-2)22-19(16)28-17(13)20(25)24-10-6-14(7-11-24)23-8-4-5-9-23/h14H,4-12H2,1-3H3. The summed E-state index contributed by atoms with van der Waals surface area (Å²) in [4.78, 5) is 28.4. The van der Waals surface area contributed by atoms with Crippen LogP contribution in [0.25, 0.3) is 10.2 Å². The van der Waals surface area contributed by atoms with Crippen molar-refractivity contribution in [3.05, 3.63) is 16.3 Å². The van der Waals surface area contributed by atoms with Crippen LogP contribution in [0.4, 0.5) is 0 Å². The minimum Gasteiger partial charge on any atom is -0.480 e. The van der Waals surface area contributed by atoms with Crippen LogP contribution in [0.15, 0.2) is 0 Å². The molecule has 28 heavy (non-hydrogen) atoms. The molecule has 7 nitrogen and oxygen atoms in total. The Morgan fingerprint density at radius 3 is 2.50 bits per heavy atom. The van der Waals surface area contributed by atoms with Gasteiger partial charge < -0.3 is 19.3 Å². The second kappa shape index (κ2) is 8.31. The number of ether oxygens (including phenoxy) is 2. The van der Waals surface area contributed by atoms with Crippen LogP contribution in [0.2, 0.25) is 0 Å². The molecular weight excluding hydrogens is 376 g/mol.